The van der Waals surface area contributed by atoms with Gasteiger partial charge in [-0.05, 0) is 19.4 Å². The van der Waals surface area contributed by atoms with Crippen molar-refractivity contribution >= 4 is 0 Å². The Morgan fingerprint density at radius 3 is 2.76 bits per heavy atom. The van der Waals surface area contributed by atoms with Crippen LogP contribution in [0, 0.1) is 6.92 Å². The Balaban J connectivity index is 2.20. The van der Waals surface area contributed by atoms with E-state index in [1.54, 1.807) is 7.11 Å². The van der Waals surface area contributed by atoms with Crippen LogP contribution < -0.4 is 0 Å². The summed E-state index contributed by atoms with van der Waals surface area (Å²) in [5, 5.41) is 14.1. The molecule has 5 heteroatoms. The first kappa shape index (κ1) is 14.2. The predicted molar refractivity (Wildman–Crippen MR) is 65.0 cm³/mol. The number of rotatable bonds is 8. The highest BCUT2D eigenvalue weighted by Crippen LogP contribution is 2.07. The molecule has 0 bridgehead atoms. The third-order valence-corrected chi connectivity index (χ3v) is 2.57. The monoisotopic (exact) mass is 242 g/mol. The second-order valence-corrected chi connectivity index (χ2v) is 4.15. The summed E-state index contributed by atoms with van der Waals surface area (Å²) in [4.78, 5) is 0. The summed E-state index contributed by atoms with van der Waals surface area (Å²) < 4.78 is 12.0. The fraction of sp³-hybridized carbons (Fsp3) is 0.750. The van der Waals surface area contributed by atoms with Crippen LogP contribution in [0.1, 0.15) is 17.8 Å². The molecule has 1 heterocycles. The van der Waals surface area contributed by atoms with E-state index in [1.165, 1.54) is 0 Å². The van der Waals surface area contributed by atoms with Crippen LogP contribution in [0.3, 0.4) is 0 Å². The van der Waals surface area contributed by atoms with Crippen molar-refractivity contribution in [3.63, 3.8) is 0 Å². The van der Waals surface area contributed by atoms with Gasteiger partial charge in [0.1, 0.15) is 0 Å². The summed E-state index contributed by atoms with van der Waals surface area (Å²) in [6.45, 7) is 3.68. The molecular formula is C12H22N2O3. The minimum absolute atomic E-state index is 0.382. The molecule has 0 radical (unpaired) electrons. The zero-order chi connectivity index (χ0) is 12.7. The summed E-state index contributed by atoms with van der Waals surface area (Å²) in [6, 6.07) is 2.00. The van der Waals surface area contributed by atoms with Gasteiger partial charge in [0.15, 0.2) is 0 Å². The van der Waals surface area contributed by atoms with Crippen molar-refractivity contribution < 1.29 is 14.6 Å². The van der Waals surface area contributed by atoms with Gasteiger partial charge in [0, 0.05) is 32.9 Å². The summed E-state index contributed by atoms with van der Waals surface area (Å²) in [5.74, 6) is 0. The SMILES string of the molecule is COCCOCCC(O)Cc1cc(C)nn1C. The van der Waals surface area contributed by atoms with Crippen LogP contribution >= 0.6 is 0 Å². The number of aromatic nitrogens is 2. The number of hydrogen-bond donors (Lipinski definition) is 1. The average molecular weight is 242 g/mol. The lowest BCUT2D eigenvalue weighted by atomic mass is 10.1. The summed E-state index contributed by atoms with van der Waals surface area (Å²) >= 11 is 0. The standard InChI is InChI=1S/C12H22N2O3/c1-10-8-11(14(2)13-10)9-12(15)4-5-17-7-6-16-3/h8,12,15H,4-7,9H2,1-3H3. The van der Waals surface area contributed by atoms with Crippen LogP contribution in [0.5, 0.6) is 0 Å². The first-order valence-electron chi connectivity index (χ1n) is 5.87. The Kier molecular flexibility index (Phi) is 6.18. The largest absolute Gasteiger partial charge is 0.393 e. The van der Waals surface area contributed by atoms with E-state index in [-0.39, 0.29) is 6.10 Å². The smallest absolute Gasteiger partial charge is 0.0700 e. The van der Waals surface area contributed by atoms with Gasteiger partial charge in [-0.1, -0.05) is 0 Å². The maximum atomic E-state index is 9.84. The summed E-state index contributed by atoms with van der Waals surface area (Å²) in [6.07, 6.45) is 0.867. The normalized spacial score (nSPS) is 12.9. The third-order valence-electron chi connectivity index (χ3n) is 2.57. The Hall–Kier alpha value is -0.910. The molecule has 0 aliphatic heterocycles. The van der Waals surface area contributed by atoms with Crippen LogP contribution in [0.4, 0.5) is 0 Å². The molecule has 1 rings (SSSR count). The molecule has 5 nitrogen and oxygen atoms in total. The third kappa shape index (κ3) is 5.30. The van der Waals surface area contributed by atoms with E-state index >= 15 is 0 Å². The van der Waals surface area contributed by atoms with E-state index < -0.39 is 0 Å². The summed E-state index contributed by atoms with van der Waals surface area (Å²) in [7, 11) is 3.53. The van der Waals surface area contributed by atoms with Crippen molar-refractivity contribution in [3.8, 4) is 0 Å². The topological polar surface area (TPSA) is 56.5 Å². The quantitative estimate of drug-likeness (QED) is 0.681. The van der Waals surface area contributed by atoms with Crippen molar-refractivity contribution in [3.05, 3.63) is 17.5 Å². The zero-order valence-corrected chi connectivity index (χ0v) is 10.8. The van der Waals surface area contributed by atoms with Gasteiger partial charge in [0.05, 0.1) is 25.0 Å². The maximum absolute atomic E-state index is 9.84. The molecule has 1 N–H and O–H groups in total. The van der Waals surface area contributed by atoms with E-state index in [9.17, 15) is 5.11 Å². The van der Waals surface area contributed by atoms with E-state index in [1.807, 2.05) is 24.7 Å². The lowest BCUT2D eigenvalue weighted by Crippen LogP contribution is -2.16. The molecule has 0 aromatic carbocycles. The van der Waals surface area contributed by atoms with Gasteiger partial charge in [0.25, 0.3) is 0 Å². The van der Waals surface area contributed by atoms with Gasteiger partial charge < -0.3 is 14.6 Å². The molecule has 0 saturated heterocycles. The number of hydrogen-bond acceptors (Lipinski definition) is 4. The number of aliphatic hydroxyl groups excluding tert-OH is 1. The highest BCUT2D eigenvalue weighted by Gasteiger charge is 2.09. The molecule has 98 valence electrons. The van der Waals surface area contributed by atoms with Crippen molar-refractivity contribution in [1.29, 1.82) is 0 Å². The van der Waals surface area contributed by atoms with Crippen molar-refractivity contribution in [1.82, 2.24) is 9.78 Å². The first-order chi connectivity index (χ1) is 8.13. The molecule has 0 amide bonds. The second-order valence-electron chi connectivity index (χ2n) is 4.15. The lowest BCUT2D eigenvalue weighted by Gasteiger charge is -2.10. The molecule has 1 unspecified atom stereocenters. The predicted octanol–water partition coefficient (Wildman–Crippen LogP) is 0.685. The Bertz CT molecular complexity index is 326. The van der Waals surface area contributed by atoms with E-state index in [0.29, 0.717) is 32.7 Å². The number of aliphatic hydroxyl groups is 1. The second kappa shape index (κ2) is 7.42. The maximum Gasteiger partial charge on any atom is 0.0700 e. The first-order valence-corrected chi connectivity index (χ1v) is 5.87. The Labute approximate surface area is 102 Å². The van der Waals surface area contributed by atoms with E-state index in [0.717, 1.165) is 11.4 Å². The molecule has 0 spiro atoms. The molecule has 0 fully saturated rings. The Morgan fingerprint density at radius 1 is 1.41 bits per heavy atom. The average Bonchev–Trinajstić information content (AvgIpc) is 2.57. The van der Waals surface area contributed by atoms with E-state index in [4.69, 9.17) is 9.47 Å². The minimum Gasteiger partial charge on any atom is -0.393 e. The van der Waals surface area contributed by atoms with Crippen LogP contribution in [0.2, 0.25) is 0 Å². The molecule has 1 atom stereocenters. The highest BCUT2D eigenvalue weighted by atomic mass is 16.5. The molecular weight excluding hydrogens is 220 g/mol. The van der Waals surface area contributed by atoms with Gasteiger partial charge in [0.2, 0.25) is 0 Å². The van der Waals surface area contributed by atoms with Gasteiger partial charge >= 0.3 is 0 Å². The van der Waals surface area contributed by atoms with Gasteiger partial charge in [-0.2, -0.15) is 5.10 Å². The van der Waals surface area contributed by atoms with Crippen LogP contribution in [0.15, 0.2) is 6.07 Å². The minimum atomic E-state index is -0.382. The van der Waals surface area contributed by atoms with Gasteiger partial charge in [-0.15, -0.1) is 0 Å². The lowest BCUT2D eigenvalue weighted by molar-refractivity contribution is 0.0475. The molecule has 0 aliphatic rings. The zero-order valence-electron chi connectivity index (χ0n) is 10.8. The van der Waals surface area contributed by atoms with Crippen LogP contribution in [-0.4, -0.2) is 47.9 Å². The van der Waals surface area contributed by atoms with Crippen LogP contribution in [-0.2, 0) is 22.9 Å². The van der Waals surface area contributed by atoms with Crippen molar-refractivity contribution in [2.24, 2.45) is 7.05 Å². The fourth-order valence-corrected chi connectivity index (χ4v) is 1.66. The number of methoxy groups -OCH3 is 1. The molecule has 17 heavy (non-hydrogen) atoms. The van der Waals surface area contributed by atoms with Gasteiger partial charge in [-0.25, -0.2) is 0 Å². The van der Waals surface area contributed by atoms with E-state index in [2.05, 4.69) is 5.10 Å². The fourth-order valence-electron chi connectivity index (χ4n) is 1.66. The highest BCUT2D eigenvalue weighted by molar-refractivity contribution is 5.09. The van der Waals surface area contributed by atoms with Crippen molar-refractivity contribution in [2.75, 3.05) is 26.9 Å². The number of nitrogens with zero attached hydrogens (tertiary/aromatic N) is 2. The summed E-state index contributed by atoms with van der Waals surface area (Å²) in [5.41, 5.74) is 2.03. The molecule has 1 aromatic rings. The van der Waals surface area contributed by atoms with Crippen molar-refractivity contribution in [2.45, 2.75) is 25.9 Å². The molecule has 0 saturated carbocycles. The van der Waals surface area contributed by atoms with Crippen LogP contribution in [0.25, 0.3) is 0 Å². The molecule has 0 aliphatic carbocycles. The molecule has 1 aromatic heterocycles. The Morgan fingerprint density at radius 2 is 2.18 bits per heavy atom. The number of ether oxygens (including phenoxy) is 2. The number of aryl methyl sites for hydroxylation is 2. The van der Waals surface area contributed by atoms with Gasteiger partial charge in [-0.3, -0.25) is 4.68 Å².